The number of hydrogen-bond acceptors (Lipinski definition) is 7. The van der Waals surface area contributed by atoms with E-state index in [-0.39, 0.29) is 28.2 Å². The van der Waals surface area contributed by atoms with Gasteiger partial charge in [-0.05, 0) is 43.9 Å². The van der Waals surface area contributed by atoms with E-state index in [1.54, 1.807) is 24.4 Å². The molecule has 1 N–H and O–H groups in total. The van der Waals surface area contributed by atoms with E-state index in [4.69, 9.17) is 0 Å². The lowest BCUT2D eigenvalue weighted by Crippen LogP contribution is -2.36. The molecule has 0 aromatic carbocycles. The highest BCUT2D eigenvalue weighted by Gasteiger charge is 2.30. The molecule has 9 nitrogen and oxygen atoms in total. The van der Waals surface area contributed by atoms with Crippen molar-refractivity contribution >= 4 is 33.3 Å². The molecule has 2 aliphatic rings. The molecular weight excluding hydrogens is 418 g/mol. The highest BCUT2D eigenvalue weighted by Crippen LogP contribution is 2.23. The molecule has 1 amide bonds. The van der Waals surface area contributed by atoms with Crippen LogP contribution in [0.25, 0.3) is 11.7 Å². The summed E-state index contributed by atoms with van der Waals surface area (Å²) in [6.07, 6.45) is 6.23. The van der Waals surface area contributed by atoms with Gasteiger partial charge in [-0.15, -0.1) is 0 Å². The second-order valence-electron chi connectivity index (χ2n) is 7.87. The summed E-state index contributed by atoms with van der Waals surface area (Å²) in [4.78, 5) is 32.6. The minimum Gasteiger partial charge on any atom is -0.356 e. The van der Waals surface area contributed by atoms with Crippen molar-refractivity contribution in [2.75, 3.05) is 29.5 Å². The number of fused-ring (bicyclic) bond motifs is 1. The number of rotatable bonds is 4. The minimum atomic E-state index is -3.17. The first kappa shape index (κ1) is 21.1. The third kappa shape index (κ3) is 4.46. The lowest BCUT2D eigenvalue weighted by molar-refractivity contribution is -0.117. The topological polar surface area (TPSA) is 125 Å². The summed E-state index contributed by atoms with van der Waals surface area (Å²) >= 11 is 0. The van der Waals surface area contributed by atoms with E-state index in [9.17, 15) is 23.3 Å². The normalized spacial score (nSPS) is 21.1. The standard InChI is InChI=1S/C21H23N5O4S/c22-13-15(20(27)23-16-7-11-31(29,30)14-16)12-17-19(25-8-3-1-4-9-25)24-18-6-2-5-10-26(18)21(17)28/h2,5-6,10,12,16H,1,3-4,7-9,11,14H2,(H,23,27)/b15-12+/t16-/m1/s1. The Morgan fingerprint density at radius 1 is 1.26 bits per heavy atom. The first-order chi connectivity index (χ1) is 14.9. The Hall–Kier alpha value is -3.19. The van der Waals surface area contributed by atoms with Crippen molar-refractivity contribution in [3.8, 4) is 6.07 Å². The van der Waals surface area contributed by atoms with E-state index < -0.39 is 21.8 Å². The number of aromatic nitrogens is 2. The van der Waals surface area contributed by atoms with Crippen LogP contribution < -0.4 is 15.8 Å². The molecule has 0 aliphatic carbocycles. The van der Waals surface area contributed by atoms with Gasteiger partial charge in [0, 0.05) is 25.3 Å². The number of nitrogens with zero attached hydrogens (tertiary/aromatic N) is 4. The number of piperidine rings is 1. The van der Waals surface area contributed by atoms with Crippen LogP contribution in [-0.2, 0) is 14.6 Å². The van der Waals surface area contributed by atoms with Gasteiger partial charge in [-0.1, -0.05) is 6.07 Å². The van der Waals surface area contributed by atoms with Crippen LogP contribution in [0.3, 0.4) is 0 Å². The SMILES string of the molecule is N#C/C(=C\c1c(N2CCCCC2)nc2ccccn2c1=O)C(=O)N[C@@H]1CCS(=O)(=O)C1. The number of carbonyl (C=O) groups excluding carboxylic acids is 1. The zero-order valence-corrected chi connectivity index (χ0v) is 17.8. The zero-order valence-electron chi connectivity index (χ0n) is 17.0. The predicted molar refractivity (Wildman–Crippen MR) is 116 cm³/mol. The first-order valence-corrected chi connectivity index (χ1v) is 12.1. The van der Waals surface area contributed by atoms with Gasteiger partial charge in [-0.2, -0.15) is 5.26 Å². The summed E-state index contributed by atoms with van der Waals surface area (Å²) in [5.74, 6) is -0.360. The molecule has 10 heteroatoms. The second-order valence-corrected chi connectivity index (χ2v) is 10.1. The maximum absolute atomic E-state index is 13.2. The molecule has 0 radical (unpaired) electrons. The lowest BCUT2D eigenvalue weighted by Gasteiger charge is -2.29. The van der Waals surface area contributed by atoms with Crippen molar-refractivity contribution in [3.05, 3.63) is 45.9 Å². The van der Waals surface area contributed by atoms with E-state index in [0.717, 1.165) is 32.4 Å². The van der Waals surface area contributed by atoms with Gasteiger partial charge in [0.1, 0.15) is 23.1 Å². The number of hydrogen-bond donors (Lipinski definition) is 1. The third-order valence-electron chi connectivity index (χ3n) is 5.63. The summed E-state index contributed by atoms with van der Waals surface area (Å²) in [7, 11) is -3.17. The van der Waals surface area contributed by atoms with Crippen molar-refractivity contribution in [1.82, 2.24) is 14.7 Å². The van der Waals surface area contributed by atoms with Gasteiger partial charge in [0.15, 0.2) is 9.84 Å². The minimum absolute atomic E-state index is 0.0125. The number of carbonyl (C=O) groups is 1. The Morgan fingerprint density at radius 3 is 2.71 bits per heavy atom. The fourth-order valence-corrected chi connectivity index (χ4v) is 5.70. The van der Waals surface area contributed by atoms with Gasteiger partial charge in [0.25, 0.3) is 11.5 Å². The Bertz CT molecular complexity index is 1250. The molecular formula is C21H23N5O4S. The van der Waals surface area contributed by atoms with Crippen molar-refractivity contribution in [3.63, 3.8) is 0 Å². The summed E-state index contributed by atoms with van der Waals surface area (Å²) in [6, 6.07) is 6.56. The van der Waals surface area contributed by atoms with Crippen molar-refractivity contribution in [2.45, 2.75) is 31.7 Å². The Kier molecular flexibility index (Phi) is 5.78. The Morgan fingerprint density at radius 2 is 2.03 bits per heavy atom. The van der Waals surface area contributed by atoms with E-state index in [0.29, 0.717) is 17.9 Å². The van der Waals surface area contributed by atoms with Gasteiger partial charge >= 0.3 is 0 Å². The molecule has 0 unspecified atom stereocenters. The molecule has 2 fully saturated rings. The van der Waals surface area contributed by atoms with Gasteiger partial charge < -0.3 is 10.2 Å². The van der Waals surface area contributed by atoms with Crippen LogP contribution in [0, 0.1) is 11.3 Å². The summed E-state index contributed by atoms with van der Waals surface area (Å²) in [5.41, 5.74) is 0.0493. The molecule has 0 spiro atoms. The molecule has 162 valence electrons. The molecule has 4 heterocycles. The van der Waals surface area contributed by atoms with Crippen molar-refractivity contribution in [2.24, 2.45) is 0 Å². The summed E-state index contributed by atoms with van der Waals surface area (Å²) < 4.78 is 24.7. The van der Waals surface area contributed by atoms with Gasteiger partial charge in [-0.25, -0.2) is 13.4 Å². The maximum Gasteiger partial charge on any atom is 0.267 e. The number of pyridine rings is 1. The van der Waals surface area contributed by atoms with Gasteiger partial charge in [-0.3, -0.25) is 14.0 Å². The van der Waals surface area contributed by atoms with Crippen LogP contribution in [0.5, 0.6) is 0 Å². The molecule has 1 atom stereocenters. The Labute approximate surface area is 179 Å². The molecule has 0 bridgehead atoms. The molecule has 4 rings (SSSR count). The number of nitrogens with one attached hydrogen (secondary N) is 1. The largest absolute Gasteiger partial charge is 0.356 e. The molecule has 31 heavy (non-hydrogen) atoms. The van der Waals surface area contributed by atoms with Crippen LogP contribution in [0.4, 0.5) is 5.82 Å². The van der Waals surface area contributed by atoms with E-state index in [1.807, 2.05) is 11.0 Å². The third-order valence-corrected chi connectivity index (χ3v) is 7.39. The van der Waals surface area contributed by atoms with Crippen molar-refractivity contribution in [1.29, 1.82) is 5.26 Å². The highest BCUT2D eigenvalue weighted by atomic mass is 32.2. The maximum atomic E-state index is 13.2. The van der Waals surface area contributed by atoms with Crippen LogP contribution in [0.2, 0.25) is 0 Å². The predicted octanol–water partition coefficient (Wildman–Crippen LogP) is 0.895. The van der Waals surface area contributed by atoms with Crippen LogP contribution in [0.15, 0.2) is 34.8 Å². The monoisotopic (exact) mass is 441 g/mol. The fourth-order valence-electron chi connectivity index (χ4n) is 4.03. The van der Waals surface area contributed by atoms with E-state index in [1.165, 1.54) is 10.5 Å². The molecule has 2 aromatic heterocycles. The van der Waals surface area contributed by atoms with Gasteiger partial charge in [0.2, 0.25) is 0 Å². The average molecular weight is 442 g/mol. The highest BCUT2D eigenvalue weighted by molar-refractivity contribution is 7.91. The van der Waals surface area contributed by atoms with E-state index >= 15 is 0 Å². The molecule has 0 saturated carbocycles. The first-order valence-electron chi connectivity index (χ1n) is 10.3. The molecule has 2 aliphatic heterocycles. The van der Waals surface area contributed by atoms with Crippen LogP contribution in [-0.4, -0.2) is 54.3 Å². The van der Waals surface area contributed by atoms with Gasteiger partial charge in [0.05, 0.1) is 17.1 Å². The average Bonchev–Trinajstić information content (AvgIpc) is 3.11. The quantitative estimate of drug-likeness (QED) is 0.552. The van der Waals surface area contributed by atoms with Crippen LogP contribution in [0.1, 0.15) is 31.2 Å². The molecule has 2 aromatic rings. The second kappa shape index (κ2) is 8.51. The number of nitriles is 1. The summed E-state index contributed by atoms with van der Waals surface area (Å²) in [6.45, 7) is 1.48. The van der Waals surface area contributed by atoms with E-state index in [2.05, 4.69) is 10.3 Å². The zero-order chi connectivity index (χ0) is 22.0. The fraction of sp³-hybridized carbons (Fsp3) is 0.429. The van der Waals surface area contributed by atoms with Crippen LogP contribution >= 0.6 is 0 Å². The summed E-state index contributed by atoms with van der Waals surface area (Å²) in [5, 5.41) is 12.2. The lowest BCUT2D eigenvalue weighted by atomic mass is 10.1. The number of amides is 1. The number of anilines is 1. The number of sulfone groups is 1. The van der Waals surface area contributed by atoms with Crippen molar-refractivity contribution < 1.29 is 13.2 Å². The molecule has 2 saturated heterocycles. The Balaban J connectivity index is 1.74. The smallest absolute Gasteiger partial charge is 0.267 e.